The average Bonchev–Trinajstić information content (AvgIpc) is 2.14. The zero-order valence-electron chi connectivity index (χ0n) is 3.90. The van der Waals surface area contributed by atoms with Crippen LogP contribution in [0.5, 0.6) is 0 Å². The molecule has 1 heterocycles. The summed E-state index contributed by atoms with van der Waals surface area (Å²) in [6.07, 6.45) is 1.60. The lowest BCUT2D eigenvalue weighted by molar-refractivity contribution is 1.26. The maximum Gasteiger partial charge on any atom is 0.113 e. The van der Waals surface area contributed by atoms with Gasteiger partial charge in [0.2, 0.25) is 0 Å². The highest BCUT2D eigenvalue weighted by Crippen LogP contribution is 2.18. The predicted octanol–water partition coefficient (Wildman–Crippen LogP) is 2.54. The van der Waals surface area contributed by atoms with Crippen molar-refractivity contribution in [3.63, 3.8) is 0 Å². The molecule has 0 unspecified atom stereocenters. The Kier molecular flexibility index (Phi) is 2.11. The van der Waals surface area contributed by atoms with Crippen molar-refractivity contribution >= 4 is 34.5 Å². The molecule has 1 aromatic rings. The van der Waals surface area contributed by atoms with Gasteiger partial charge < -0.3 is 0 Å². The minimum Gasteiger partial charge on any atom is -0.247 e. The Hall–Kier alpha value is 0.210. The van der Waals surface area contributed by atoms with Gasteiger partial charge in [-0.1, -0.05) is 11.6 Å². The summed E-state index contributed by atoms with van der Waals surface area (Å²) < 4.78 is 0.695. The van der Waals surface area contributed by atoms with Gasteiger partial charge in [0.05, 0.1) is 12.1 Å². The van der Waals surface area contributed by atoms with Gasteiger partial charge in [-0.25, -0.2) is 4.98 Å². The minimum absolute atomic E-state index is 0.456. The van der Waals surface area contributed by atoms with Gasteiger partial charge in [0.25, 0.3) is 0 Å². The molecule has 0 aromatic carbocycles. The summed E-state index contributed by atoms with van der Waals surface area (Å²) in [5.41, 5.74) is 0. The number of halogens is 2. The fourth-order valence-electron chi connectivity index (χ4n) is 0.350. The van der Waals surface area contributed by atoms with Crippen molar-refractivity contribution in [1.29, 1.82) is 0 Å². The van der Waals surface area contributed by atoms with E-state index < -0.39 is 0 Å². The molecule has 0 aliphatic carbocycles. The van der Waals surface area contributed by atoms with Crippen LogP contribution in [0.2, 0.25) is 4.34 Å². The fraction of sp³-hybridized carbons (Fsp3) is 0.250. The molecule has 44 valence electrons. The monoisotopic (exact) mass is 167 g/mol. The first-order chi connectivity index (χ1) is 3.83. The Balaban J connectivity index is 2.84. The molecule has 1 aromatic heterocycles. The van der Waals surface area contributed by atoms with Crippen molar-refractivity contribution in [3.8, 4) is 0 Å². The molecule has 1 rings (SSSR count). The Morgan fingerprint density at radius 3 is 2.75 bits per heavy atom. The molecule has 0 saturated carbocycles. The molecule has 0 radical (unpaired) electrons. The average molecular weight is 168 g/mol. The molecule has 0 atom stereocenters. The first-order valence-electron chi connectivity index (χ1n) is 1.99. The van der Waals surface area contributed by atoms with Crippen LogP contribution in [-0.2, 0) is 5.88 Å². The third kappa shape index (κ3) is 1.34. The van der Waals surface area contributed by atoms with Crippen molar-refractivity contribution in [2.75, 3.05) is 0 Å². The largest absolute Gasteiger partial charge is 0.247 e. The normalized spacial score (nSPS) is 9.75. The summed E-state index contributed by atoms with van der Waals surface area (Å²) in [7, 11) is 0. The van der Waals surface area contributed by atoms with Crippen LogP contribution in [0.1, 0.15) is 5.01 Å². The van der Waals surface area contributed by atoms with Gasteiger partial charge >= 0.3 is 0 Å². The highest BCUT2D eigenvalue weighted by molar-refractivity contribution is 7.15. The molecule has 0 N–H and O–H groups in total. The van der Waals surface area contributed by atoms with E-state index >= 15 is 0 Å². The second kappa shape index (κ2) is 2.67. The molecule has 4 heteroatoms. The van der Waals surface area contributed by atoms with Crippen LogP contribution < -0.4 is 0 Å². The summed E-state index contributed by atoms with van der Waals surface area (Å²) in [6.45, 7) is 0. The van der Waals surface area contributed by atoms with Gasteiger partial charge in [-0.15, -0.1) is 22.9 Å². The third-order valence-electron chi connectivity index (χ3n) is 0.640. The molecule has 0 aliphatic heterocycles. The summed E-state index contributed by atoms with van der Waals surface area (Å²) in [4.78, 5) is 3.89. The van der Waals surface area contributed by atoms with Gasteiger partial charge in [0.1, 0.15) is 9.34 Å². The van der Waals surface area contributed by atoms with E-state index in [9.17, 15) is 0 Å². The van der Waals surface area contributed by atoms with Crippen LogP contribution in [0.3, 0.4) is 0 Å². The van der Waals surface area contributed by atoms with Crippen LogP contribution >= 0.6 is 34.5 Å². The molecular weight excluding hydrogens is 165 g/mol. The van der Waals surface area contributed by atoms with E-state index in [1.54, 1.807) is 6.20 Å². The van der Waals surface area contributed by atoms with Crippen LogP contribution in [0.4, 0.5) is 0 Å². The Bertz CT molecular complexity index is 174. The number of hydrogen-bond acceptors (Lipinski definition) is 2. The molecule has 8 heavy (non-hydrogen) atoms. The number of alkyl halides is 1. The Labute approximate surface area is 61.3 Å². The summed E-state index contributed by atoms with van der Waals surface area (Å²) in [6, 6.07) is 0. The molecule has 0 aliphatic rings. The summed E-state index contributed by atoms with van der Waals surface area (Å²) in [5, 5.41) is 0.872. The van der Waals surface area contributed by atoms with Gasteiger partial charge in [-0.05, 0) is 0 Å². The van der Waals surface area contributed by atoms with Crippen molar-refractivity contribution in [1.82, 2.24) is 4.98 Å². The van der Waals surface area contributed by atoms with Crippen LogP contribution in [0.25, 0.3) is 0 Å². The van der Waals surface area contributed by atoms with Crippen molar-refractivity contribution < 1.29 is 0 Å². The van der Waals surface area contributed by atoms with E-state index in [0.29, 0.717) is 10.2 Å². The van der Waals surface area contributed by atoms with Crippen molar-refractivity contribution in [3.05, 3.63) is 15.5 Å². The molecular formula is C4H3Cl2NS. The topological polar surface area (TPSA) is 12.9 Å². The standard InChI is InChI=1S/C4H3Cl2NS/c5-1-4-7-2-3(6)8-4/h2H,1H2. The number of aromatic nitrogens is 1. The van der Waals surface area contributed by atoms with E-state index in [1.165, 1.54) is 11.3 Å². The fourth-order valence-corrected chi connectivity index (χ4v) is 1.39. The highest BCUT2D eigenvalue weighted by Gasteiger charge is 1.94. The quantitative estimate of drug-likeness (QED) is 0.587. The van der Waals surface area contributed by atoms with E-state index in [4.69, 9.17) is 23.2 Å². The first-order valence-corrected chi connectivity index (χ1v) is 3.72. The molecule has 0 bridgehead atoms. The molecule has 0 fully saturated rings. The molecule has 0 spiro atoms. The van der Waals surface area contributed by atoms with Crippen molar-refractivity contribution in [2.45, 2.75) is 5.88 Å². The van der Waals surface area contributed by atoms with Gasteiger partial charge in [-0.3, -0.25) is 0 Å². The smallest absolute Gasteiger partial charge is 0.113 e. The number of thiazole rings is 1. The van der Waals surface area contributed by atoms with Gasteiger partial charge in [0, 0.05) is 0 Å². The van der Waals surface area contributed by atoms with E-state index in [0.717, 1.165) is 5.01 Å². The number of rotatable bonds is 1. The zero-order valence-corrected chi connectivity index (χ0v) is 6.22. The Morgan fingerprint density at radius 2 is 2.50 bits per heavy atom. The summed E-state index contributed by atoms with van der Waals surface area (Å²) >= 11 is 12.4. The van der Waals surface area contributed by atoms with E-state index in [-0.39, 0.29) is 0 Å². The SMILES string of the molecule is ClCc1ncc(Cl)s1. The van der Waals surface area contributed by atoms with Crippen LogP contribution in [0.15, 0.2) is 6.20 Å². The third-order valence-corrected chi connectivity index (χ3v) is 2.17. The predicted molar refractivity (Wildman–Crippen MR) is 36.7 cm³/mol. The second-order valence-corrected chi connectivity index (χ2v) is 3.21. The molecule has 0 amide bonds. The molecule has 1 nitrogen and oxygen atoms in total. The zero-order chi connectivity index (χ0) is 5.98. The van der Waals surface area contributed by atoms with Gasteiger partial charge in [0.15, 0.2) is 0 Å². The lowest BCUT2D eigenvalue weighted by atomic mass is 10.8. The number of hydrogen-bond donors (Lipinski definition) is 0. The Morgan fingerprint density at radius 1 is 1.75 bits per heavy atom. The van der Waals surface area contributed by atoms with E-state index in [2.05, 4.69) is 4.98 Å². The number of nitrogens with zero attached hydrogens (tertiary/aromatic N) is 1. The summed E-state index contributed by atoms with van der Waals surface area (Å²) in [5.74, 6) is 0.456. The molecule has 0 saturated heterocycles. The highest BCUT2D eigenvalue weighted by atomic mass is 35.5. The van der Waals surface area contributed by atoms with Crippen LogP contribution in [0, 0.1) is 0 Å². The van der Waals surface area contributed by atoms with Gasteiger partial charge in [-0.2, -0.15) is 0 Å². The minimum atomic E-state index is 0.456. The second-order valence-electron chi connectivity index (χ2n) is 1.19. The lowest BCUT2D eigenvalue weighted by Crippen LogP contribution is -1.67. The maximum absolute atomic E-state index is 5.54. The first kappa shape index (κ1) is 6.33. The maximum atomic E-state index is 5.54. The van der Waals surface area contributed by atoms with E-state index in [1.807, 2.05) is 0 Å². The van der Waals surface area contributed by atoms with Crippen LogP contribution in [-0.4, -0.2) is 4.98 Å². The lowest BCUT2D eigenvalue weighted by Gasteiger charge is -1.75. The van der Waals surface area contributed by atoms with Crippen molar-refractivity contribution in [2.24, 2.45) is 0 Å².